The maximum absolute atomic E-state index is 12.5. The van der Waals surface area contributed by atoms with Gasteiger partial charge in [0, 0.05) is 16.9 Å². The number of thioether (sulfide) groups is 1. The van der Waals surface area contributed by atoms with Crippen LogP contribution < -0.4 is 5.32 Å². The van der Waals surface area contributed by atoms with Crippen LogP contribution in [0.15, 0.2) is 42.3 Å². The standard InChI is InChI=1S/C20H26N2O3S/c1-13-9-10-17(21-18(13)16(4)26-15(3)14(2)23)22-19(24)20(5,6)11-8-12-25-7/h8-11H,3-4,12H2,1-2,5-7H3,(H,21,22,24). The van der Waals surface area contributed by atoms with Crippen LogP contribution in [0.2, 0.25) is 0 Å². The van der Waals surface area contributed by atoms with Crippen LogP contribution in [0, 0.1) is 12.3 Å². The Labute approximate surface area is 159 Å². The number of allylic oxidation sites excluding steroid dienone is 1. The first-order chi connectivity index (χ1) is 12.1. The largest absolute Gasteiger partial charge is 0.381 e. The van der Waals surface area contributed by atoms with E-state index in [-0.39, 0.29) is 11.7 Å². The number of anilines is 1. The van der Waals surface area contributed by atoms with Crippen LogP contribution in [0.4, 0.5) is 5.82 Å². The molecule has 0 atom stereocenters. The molecular formula is C20H26N2O3S. The molecule has 0 unspecified atom stereocenters. The molecule has 0 spiro atoms. The van der Waals surface area contributed by atoms with Crippen LogP contribution >= 0.6 is 11.8 Å². The van der Waals surface area contributed by atoms with Crippen molar-refractivity contribution in [2.45, 2.75) is 27.7 Å². The summed E-state index contributed by atoms with van der Waals surface area (Å²) >= 11 is 1.18. The Morgan fingerprint density at radius 1 is 1.35 bits per heavy atom. The maximum atomic E-state index is 12.5. The number of ether oxygens (including phenoxy) is 1. The molecular weight excluding hydrogens is 348 g/mol. The summed E-state index contributed by atoms with van der Waals surface area (Å²) in [5.41, 5.74) is 0.818. The summed E-state index contributed by atoms with van der Waals surface area (Å²) in [5.74, 6) is 0.139. The number of carbonyl (C=O) groups excluding carboxylic acids is 2. The van der Waals surface area contributed by atoms with Gasteiger partial charge in [-0.15, -0.1) is 0 Å². The fourth-order valence-corrected chi connectivity index (χ4v) is 2.69. The predicted molar refractivity (Wildman–Crippen MR) is 109 cm³/mol. The highest BCUT2D eigenvalue weighted by Crippen LogP contribution is 2.33. The number of carbonyl (C=O) groups is 2. The molecule has 5 nitrogen and oxygen atoms in total. The van der Waals surface area contributed by atoms with Gasteiger partial charge in [0.1, 0.15) is 5.82 Å². The average molecular weight is 375 g/mol. The lowest BCUT2D eigenvalue weighted by atomic mass is 9.92. The zero-order chi connectivity index (χ0) is 19.9. The number of hydrogen-bond donors (Lipinski definition) is 1. The molecule has 1 rings (SSSR count). The number of nitrogens with zero attached hydrogens (tertiary/aromatic N) is 1. The summed E-state index contributed by atoms with van der Waals surface area (Å²) in [4.78, 5) is 29.4. The van der Waals surface area contributed by atoms with Gasteiger partial charge in [0.15, 0.2) is 5.78 Å². The Kier molecular flexibility index (Phi) is 7.99. The lowest BCUT2D eigenvalue weighted by molar-refractivity contribution is -0.121. The molecule has 0 aromatic carbocycles. The second-order valence-electron chi connectivity index (χ2n) is 6.40. The maximum Gasteiger partial charge on any atom is 0.234 e. The first kappa shape index (κ1) is 21.9. The lowest BCUT2D eigenvalue weighted by Gasteiger charge is -2.20. The van der Waals surface area contributed by atoms with Gasteiger partial charge in [-0.25, -0.2) is 4.98 Å². The highest BCUT2D eigenvalue weighted by Gasteiger charge is 2.25. The lowest BCUT2D eigenvalue weighted by Crippen LogP contribution is -2.29. The Morgan fingerprint density at radius 2 is 2.00 bits per heavy atom. The summed E-state index contributed by atoms with van der Waals surface area (Å²) < 4.78 is 4.96. The van der Waals surface area contributed by atoms with Crippen molar-refractivity contribution < 1.29 is 14.3 Å². The summed E-state index contributed by atoms with van der Waals surface area (Å²) in [6.45, 7) is 15.1. The molecule has 0 saturated carbocycles. The highest BCUT2D eigenvalue weighted by molar-refractivity contribution is 8.12. The van der Waals surface area contributed by atoms with E-state index in [2.05, 4.69) is 23.5 Å². The molecule has 1 N–H and O–H groups in total. The topological polar surface area (TPSA) is 68.3 Å². The van der Waals surface area contributed by atoms with E-state index in [9.17, 15) is 9.59 Å². The monoisotopic (exact) mass is 374 g/mol. The van der Waals surface area contributed by atoms with Gasteiger partial charge in [-0.2, -0.15) is 0 Å². The molecule has 6 heteroatoms. The number of aryl methyl sites for hydroxylation is 1. The first-order valence-corrected chi connectivity index (χ1v) is 8.93. The van der Waals surface area contributed by atoms with Crippen molar-refractivity contribution in [2.24, 2.45) is 5.41 Å². The molecule has 0 bridgehead atoms. The van der Waals surface area contributed by atoms with E-state index in [0.29, 0.717) is 27.9 Å². The third-order valence-corrected chi connectivity index (χ3v) is 4.60. The van der Waals surface area contributed by atoms with Crippen molar-refractivity contribution in [1.82, 2.24) is 4.98 Å². The summed E-state index contributed by atoms with van der Waals surface area (Å²) in [7, 11) is 1.60. The second-order valence-corrected chi connectivity index (χ2v) is 7.59. The number of hydrogen-bond acceptors (Lipinski definition) is 5. The van der Waals surface area contributed by atoms with Crippen molar-refractivity contribution >= 4 is 34.2 Å². The Bertz CT molecular complexity index is 751. The minimum atomic E-state index is -0.708. The molecule has 140 valence electrons. The molecule has 0 aliphatic heterocycles. The van der Waals surface area contributed by atoms with Crippen molar-refractivity contribution in [3.05, 3.63) is 53.6 Å². The van der Waals surface area contributed by atoms with E-state index < -0.39 is 5.41 Å². The number of amides is 1. The third kappa shape index (κ3) is 6.28. The van der Waals surface area contributed by atoms with Crippen molar-refractivity contribution in [3.63, 3.8) is 0 Å². The number of rotatable bonds is 9. The molecule has 1 aromatic heterocycles. The fraction of sp³-hybridized carbons (Fsp3) is 0.350. The van der Waals surface area contributed by atoms with Crippen molar-refractivity contribution in [3.8, 4) is 0 Å². The van der Waals surface area contributed by atoms with Crippen LogP contribution in [0.3, 0.4) is 0 Å². The molecule has 0 fully saturated rings. The molecule has 0 aliphatic rings. The Balaban J connectivity index is 2.96. The number of Topliss-reactive ketones (excluding diaryl/α,β-unsaturated/α-hetero) is 1. The van der Waals surface area contributed by atoms with E-state index >= 15 is 0 Å². The molecule has 1 amide bonds. The molecule has 1 heterocycles. The van der Waals surface area contributed by atoms with Crippen LogP contribution in [0.25, 0.3) is 4.91 Å². The van der Waals surface area contributed by atoms with Crippen molar-refractivity contribution in [1.29, 1.82) is 0 Å². The summed E-state index contributed by atoms with van der Waals surface area (Å²) in [6.07, 6.45) is 3.60. The minimum absolute atomic E-state index is 0.108. The van der Waals surface area contributed by atoms with Gasteiger partial charge in [-0.3, -0.25) is 9.59 Å². The van der Waals surface area contributed by atoms with E-state index in [4.69, 9.17) is 4.74 Å². The van der Waals surface area contributed by atoms with Crippen LogP contribution in [0.5, 0.6) is 0 Å². The molecule has 26 heavy (non-hydrogen) atoms. The molecule has 1 aromatic rings. The highest BCUT2D eigenvalue weighted by atomic mass is 32.2. The van der Waals surface area contributed by atoms with Crippen LogP contribution in [-0.4, -0.2) is 30.4 Å². The fourth-order valence-electron chi connectivity index (χ4n) is 1.94. The van der Waals surface area contributed by atoms with Gasteiger partial charge >= 0.3 is 0 Å². The summed E-state index contributed by atoms with van der Waals surface area (Å²) in [6, 6.07) is 3.59. The second kappa shape index (κ2) is 9.50. The van der Waals surface area contributed by atoms with E-state index in [1.807, 2.05) is 26.8 Å². The van der Waals surface area contributed by atoms with Gasteiger partial charge < -0.3 is 10.1 Å². The quantitative estimate of drug-likeness (QED) is 0.514. The smallest absolute Gasteiger partial charge is 0.234 e. The van der Waals surface area contributed by atoms with E-state index in [1.165, 1.54) is 18.7 Å². The Hall–Kier alpha value is -2.18. The number of pyridine rings is 1. The zero-order valence-electron chi connectivity index (χ0n) is 16.0. The Morgan fingerprint density at radius 3 is 2.58 bits per heavy atom. The number of ketones is 1. The van der Waals surface area contributed by atoms with Gasteiger partial charge in [-0.05, 0) is 39.3 Å². The van der Waals surface area contributed by atoms with Gasteiger partial charge in [0.05, 0.1) is 17.7 Å². The average Bonchev–Trinajstić information content (AvgIpc) is 2.56. The molecule has 0 radical (unpaired) electrons. The van der Waals surface area contributed by atoms with Gasteiger partial charge in [0.25, 0.3) is 0 Å². The van der Waals surface area contributed by atoms with E-state index in [0.717, 1.165) is 5.56 Å². The third-order valence-electron chi connectivity index (χ3n) is 3.62. The van der Waals surface area contributed by atoms with Gasteiger partial charge in [0.2, 0.25) is 5.91 Å². The number of nitrogens with one attached hydrogen (secondary N) is 1. The predicted octanol–water partition coefficient (Wildman–Crippen LogP) is 4.36. The zero-order valence-corrected chi connectivity index (χ0v) is 16.8. The van der Waals surface area contributed by atoms with Crippen LogP contribution in [-0.2, 0) is 14.3 Å². The molecule has 0 aliphatic carbocycles. The van der Waals surface area contributed by atoms with Crippen LogP contribution in [0.1, 0.15) is 32.0 Å². The summed E-state index contributed by atoms with van der Waals surface area (Å²) in [5, 5.41) is 2.83. The SMILES string of the molecule is C=C(SC(=C)c1nc(NC(=O)C(C)(C)C=CCOC)ccc1C)C(C)=O. The normalized spacial score (nSPS) is 11.4. The number of methoxy groups -OCH3 is 1. The minimum Gasteiger partial charge on any atom is -0.381 e. The molecule has 0 saturated heterocycles. The van der Waals surface area contributed by atoms with Crippen molar-refractivity contribution in [2.75, 3.05) is 19.0 Å². The van der Waals surface area contributed by atoms with E-state index in [1.54, 1.807) is 25.3 Å². The number of aromatic nitrogens is 1. The van der Waals surface area contributed by atoms with Gasteiger partial charge in [-0.1, -0.05) is 43.1 Å². The first-order valence-electron chi connectivity index (χ1n) is 8.11.